The summed E-state index contributed by atoms with van der Waals surface area (Å²) in [7, 11) is 4.05. The molecule has 0 aliphatic heterocycles. The lowest BCUT2D eigenvalue weighted by Crippen LogP contribution is -2.54. The number of methoxy groups -OCH3 is 1. The lowest BCUT2D eigenvalue weighted by molar-refractivity contribution is -0.0822. The van der Waals surface area contributed by atoms with E-state index in [0.717, 1.165) is 11.8 Å². The van der Waals surface area contributed by atoms with Gasteiger partial charge >= 0.3 is 0 Å². The van der Waals surface area contributed by atoms with Gasteiger partial charge in [0.15, 0.2) is 0 Å². The molecule has 2 heteroatoms. The highest BCUT2D eigenvalue weighted by atomic mass is 16.5. The van der Waals surface area contributed by atoms with Crippen LogP contribution in [0.2, 0.25) is 0 Å². The molecule has 0 aromatic heterocycles. The molecule has 2 aliphatic carbocycles. The zero-order valence-electron chi connectivity index (χ0n) is 12.5. The van der Waals surface area contributed by atoms with Crippen LogP contribution in [0.1, 0.15) is 64.7 Å². The molecule has 0 spiro atoms. The van der Waals surface area contributed by atoms with Crippen LogP contribution in [-0.2, 0) is 4.74 Å². The van der Waals surface area contributed by atoms with Crippen molar-refractivity contribution in [2.75, 3.05) is 14.2 Å². The van der Waals surface area contributed by atoms with Crippen LogP contribution in [0.4, 0.5) is 0 Å². The first-order valence-corrected chi connectivity index (χ1v) is 7.92. The first kappa shape index (κ1) is 14.3. The Bertz CT molecular complexity index is 249. The SMILES string of the molecule is CNC(CC1CCCC1)C1(OC)CCCC(C)C1. The van der Waals surface area contributed by atoms with E-state index >= 15 is 0 Å². The van der Waals surface area contributed by atoms with E-state index < -0.39 is 0 Å². The van der Waals surface area contributed by atoms with Gasteiger partial charge in [-0.2, -0.15) is 0 Å². The molecule has 0 bridgehead atoms. The average Bonchev–Trinajstić information content (AvgIpc) is 2.88. The normalized spacial score (nSPS) is 35.8. The van der Waals surface area contributed by atoms with Crippen LogP contribution in [0, 0.1) is 11.8 Å². The molecule has 0 aromatic rings. The number of rotatable bonds is 5. The van der Waals surface area contributed by atoms with E-state index in [1.165, 1.54) is 57.8 Å². The van der Waals surface area contributed by atoms with Crippen molar-refractivity contribution in [3.63, 3.8) is 0 Å². The van der Waals surface area contributed by atoms with Crippen LogP contribution in [0.5, 0.6) is 0 Å². The van der Waals surface area contributed by atoms with E-state index in [0.29, 0.717) is 6.04 Å². The van der Waals surface area contributed by atoms with E-state index in [2.05, 4.69) is 19.3 Å². The van der Waals surface area contributed by atoms with Crippen molar-refractivity contribution in [3.05, 3.63) is 0 Å². The molecule has 0 radical (unpaired) electrons. The minimum absolute atomic E-state index is 0.106. The van der Waals surface area contributed by atoms with Gasteiger partial charge in [-0.05, 0) is 38.1 Å². The molecule has 0 aromatic carbocycles. The van der Waals surface area contributed by atoms with Gasteiger partial charge in [0, 0.05) is 13.2 Å². The highest BCUT2D eigenvalue weighted by molar-refractivity contribution is 4.97. The summed E-state index contributed by atoms with van der Waals surface area (Å²) >= 11 is 0. The summed E-state index contributed by atoms with van der Waals surface area (Å²) in [4.78, 5) is 0. The Morgan fingerprint density at radius 3 is 2.50 bits per heavy atom. The lowest BCUT2D eigenvalue weighted by Gasteiger charge is -2.45. The predicted octanol–water partition coefficient (Wildman–Crippen LogP) is 3.75. The Morgan fingerprint density at radius 1 is 1.22 bits per heavy atom. The van der Waals surface area contributed by atoms with Crippen LogP contribution in [0.15, 0.2) is 0 Å². The predicted molar refractivity (Wildman–Crippen MR) is 76.8 cm³/mol. The molecule has 1 N–H and O–H groups in total. The summed E-state index contributed by atoms with van der Waals surface area (Å²) in [5.41, 5.74) is 0.106. The third-order valence-corrected chi connectivity index (χ3v) is 5.42. The molecule has 0 heterocycles. The highest BCUT2D eigenvalue weighted by Crippen LogP contribution is 2.40. The maximum atomic E-state index is 6.05. The molecule has 3 unspecified atom stereocenters. The Balaban J connectivity index is 2.02. The molecule has 106 valence electrons. The van der Waals surface area contributed by atoms with Crippen molar-refractivity contribution in [1.29, 1.82) is 0 Å². The van der Waals surface area contributed by atoms with Crippen molar-refractivity contribution < 1.29 is 4.74 Å². The smallest absolute Gasteiger partial charge is 0.0833 e. The highest BCUT2D eigenvalue weighted by Gasteiger charge is 2.42. The van der Waals surface area contributed by atoms with Gasteiger partial charge in [0.05, 0.1) is 5.60 Å². The molecule has 0 saturated heterocycles. The topological polar surface area (TPSA) is 21.3 Å². The second-order valence-corrected chi connectivity index (χ2v) is 6.70. The van der Waals surface area contributed by atoms with Crippen LogP contribution in [0.3, 0.4) is 0 Å². The molecule has 2 nitrogen and oxygen atoms in total. The van der Waals surface area contributed by atoms with E-state index in [1.807, 2.05) is 7.11 Å². The van der Waals surface area contributed by atoms with Crippen LogP contribution in [0.25, 0.3) is 0 Å². The van der Waals surface area contributed by atoms with Gasteiger partial charge in [-0.25, -0.2) is 0 Å². The van der Waals surface area contributed by atoms with Crippen LogP contribution >= 0.6 is 0 Å². The van der Waals surface area contributed by atoms with Gasteiger partial charge in [0.25, 0.3) is 0 Å². The fourth-order valence-corrected chi connectivity index (χ4v) is 4.36. The number of nitrogens with one attached hydrogen (secondary N) is 1. The first-order valence-electron chi connectivity index (χ1n) is 7.92. The molecule has 2 rings (SSSR count). The molecule has 2 saturated carbocycles. The third kappa shape index (κ3) is 3.08. The van der Waals surface area contributed by atoms with Crippen molar-refractivity contribution in [2.24, 2.45) is 11.8 Å². The van der Waals surface area contributed by atoms with Crippen molar-refractivity contribution in [1.82, 2.24) is 5.32 Å². The minimum Gasteiger partial charge on any atom is -0.377 e. The fourth-order valence-electron chi connectivity index (χ4n) is 4.36. The summed E-state index contributed by atoms with van der Waals surface area (Å²) in [6.07, 6.45) is 12.3. The van der Waals surface area contributed by atoms with Gasteiger partial charge in [-0.3, -0.25) is 0 Å². The molecular weight excluding hydrogens is 222 g/mol. The van der Waals surface area contributed by atoms with Gasteiger partial charge in [0.1, 0.15) is 0 Å². The van der Waals surface area contributed by atoms with Crippen LogP contribution in [-0.4, -0.2) is 25.8 Å². The van der Waals surface area contributed by atoms with Crippen LogP contribution < -0.4 is 5.32 Å². The van der Waals surface area contributed by atoms with Crippen molar-refractivity contribution >= 4 is 0 Å². The molecule has 2 aliphatic rings. The third-order valence-electron chi connectivity index (χ3n) is 5.42. The monoisotopic (exact) mass is 253 g/mol. The molecule has 2 fully saturated rings. The lowest BCUT2D eigenvalue weighted by atomic mass is 9.72. The largest absolute Gasteiger partial charge is 0.377 e. The zero-order valence-corrected chi connectivity index (χ0v) is 12.5. The number of ether oxygens (including phenoxy) is 1. The van der Waals surface area contributed by atoms with Gasteiger partial charge in [-0.15, -0.1) is 0 Å². The summed E-state index contributed by atoms with van der Waals surface area (Å²) < 4.78 is 6.05. The Labute approximate surface area is 113 Å². The summed E-state index contributed by atoms with van der Waals surface area (Å²) in [6, 6.07) is 0.549. The zero-order chi connectivity index (χ0) is 13.0. The summed E-state index contributed by atoms with van der Waals surface area (Å²) in [5, 5.41) is 3.59. The average molecular weight is 253 g/mol. The summed E-state index contributed by atoms with van der Waals surface area (Å²) in [6.45, 7) is 2.38. The molecule has 0 amide bonds. The summed E-state index contributed by atoms with van der Waals surface area (Å²) in [5.74, 6) is 1.75. The Morgan fingerprint density at radius 2 is 1.94 bits per heavy atom. The van der Waals surface area contributed by atoms with Crippen molar-refractivity contribution in [2.45, 2.75) is 76.4 Å². The Hall–Kier alpha value is -0.0800. The van der Waals surface area contributed by atoms with E-state index in [9.17, 15) is 0 Å². The number of hydrogen-bond donors (Lipinski definition) is 1. The maximum Gasteiger partial charge on any atom is 0.0833 e. The fraction of sp³-hybridized carbons (Fsp3) is 1.00. The number of likely N-dealkylation sites (N-methyl/N-ethyl adjacent to an activating group) is 1. The standard InChI is InChI=1S/C16H31NO/c1-13-7-6-10-16(12-13,18-3)15(17-2)11-14-8-4-5-9-14/h13-15,17H,4-12H2,1-3H3. The van der Waals surface area contributed by atoms with E-state index in [4.69, 9.17) is 4.74 Å². The quantitative estimate of drug-likeness (QED) is 0.805. The second kappa shape index (κ2) is 6.38. The first-order chi connectivity index (χ1) is 8.70. The maximum absolute atomic E-state index is 6.05. The molecule has 18 heavy (non-hydrogen) atoms. The van der Waals surface area contributed by atoms with Gasteiger partial charge in [-0.1, -0.05) is 45.4 Å². The minimum atomic E-state index is 0.106. The Kier molecular flexibility index (Phi) is 5.08. The van der Waals surface area contributed by atoms with Gasteiger partial charge in [0.2, 0.25) is 0 Å². The van der Waals surface area contributed by atoms with E-state index in [1.54, 1.807) is 0 Å². The molecule has 3 atom stereocenters. The van der Waals surface area contributed by atoms with Gasteiger partial charge < -0.3 is 10.1 Å². The second-order valence-electron chi connectivity index (χ2n) is 6.70. The van der Waals surface area contributed by atoms with E-state index in [-0.39, 0.29) is 5.60 Å². The van der Waals surface area contributed by atoms with Crippen molar-refractivity contribution in [3.8, 4) is 0 Å². The number of hydrogen-bond acceptors (Lipinski definition) is 2. The molecular formula is C16H31NO.